The van der Waals surface area contributed by atoms with Gasteiger partial charge in [-0.2, -0.15) is 0 Å². The van der Waals surface area contributed by atoms with Crippen LogP contribution in [0.4, 0.5) is 0 Å². The van der Waals surface area contributed by atoms with E-state index >= 15 is 0 Å². The zero-order chi connectivity index (χ0) is 18.9. The molecule has 1 saturated carbocycles. The van der Waals surface area contributed by atoms with Crippen LogP contribution in [0, 0.1) is 0 Å². The molecule has 1 fully saturated rings. The summed E-state index contributed by atoms with van der Waals surface area (Å²) in [6.07, 6.45) is 3.51. The minimum absolute atomic E-state index is 0.0661. The maximum Gasteiger partial charge on any atom is 0.337 e. The Morgan fingerprint density at radius 1 is 1.19 bits per heavy atom. The molecule has 136 valence electrons. The number of rotatable bonds is 4. The van der Waals surface area contributed by atoms with Crippen molar-refractivity contribution >= 4 is 28.5 Å². The van der Waals surface area contributed by atoms with Gasteiger partial charge in [-0.15, -0.1) is 0 Å². The Morgan fingerprint density at radius 2 is 1.85 bits per heavy atom. The quantitative estimate of drug-likeness (QED) is 0.587. The van der Waals surface area contributed by atoms with Crippen molar-refractivity contribution in [3.05, 3.63) is 58.7 Å². The number of H-pyrrole nitrogens is 1. The minimum Gasteiger partial charge on any atom is -0.478 e. The highest BCUT2D eigenvalue weighted by atomic mass is 35.5. The second-order valence-electron chi connectivity index (χ2n) is 6.40. The summed E-state index contributed by atoms with van der Waals surface area (Å²) in [5, 5.41) is 20.0. The molecular weight excluding hydrogens is 350 g/mol. The van der Waals surface area contributed by atoms with Crippen LogP contribution in [0.1, 0.15) is 42.6 Å². The molecule has 2 aromatic carbocycles. The number of aromatic carboxylic acids is 1. The molecule has 0 spiro atoms. The van der Waals surface area contributed by atoms with E-state index in [1.54, 1.807) is 6.07 Å². The van der Waals surface area contributed by atoms with E-state index in [0.29, 0.717) is 15.9 Å². The van der Waals surface area contributed by atoms with E-state index in [9.17, 15) is 15.0 Å². The maximum atomic E-state index is 11.3. The number of carboxylic acids is 1. The molecular formula is C21H22ClNO3. The number of carbonyl (C=O) groups is 1. The molecule has 1 aliphatic rings. The van der Waals surface area contributed by atoms with Gasteiger partial charge in [0.2, 0.25) is 0 Å². The van der Waals surface area contributed by atoms with Crippen molar-refractivity contribution in [2.75, 3.05) is 6.61 Å². The molecule has 4 rings (SSSR count). The molecule has 0 amide bonds. The van der Waals surface area contributed by atoms with Crippen molar-refractivity contribution in [3.8, 4) is 11.1 Å². The fraction of sp³-hybridized carbons (Fsp3) is 0.286. The van der Waals surface area contributed by atoms with Crippen LogP contribution in [-0.4, -0.2) is 27.8 Å². The average molecular weight is 372 g/mol. The molecule has 3 N–H and O–H groups in total. The van der Waals surface area contributed by atoms with Gasteiger partial charge in [0.15, 0.2) is 0 Å². The second-order valence-corrected chi connectivity index (χ2v) is 6.81. The van der Waals surface area contributed by atoms with Gasteiger partial charge in [-0.3, -0.25) is 0 Å². The SMILES string of the molecule is CC.O=C(O)c1c[nH]c2cc(Cl)c(-c3ccc(C4(CO)CC4)cc3)cc12. The Kier molecular flexibility index (Phi) is 5.08. The number of aliphatic hydroxyl groups is 1. The van der Waals surface area contributed by atoms with Crippen LogP contribution in [0.25, 0.3) is 22.0 Å². The van der Waals surface area contributed by atoms with Crippen LogP contribution in [-0.2, 0) is 5.41 Å². The summed E-state index contributed by atoms with van der Waals surface area (Å²) < 4.78 is 0. The fourth-order valence-corrected chi connectivity index (χ4v) is 3.51. The monoisotopic (exact) mass is 371 g/mol. The summed E-state index contributed by atoms with van der Waals surface area (Å²) in [5.41, 5.74) is 3.73. The Morgan fingerprint density at radius 3 is 2.38 bits per heavy atom. The van der Waals surface area contributed by atoms with Gasteiger partial charge in [-0.25, -0.2) is 4.79 Å². The Labute approximate surface area is 157 Å². The third kappa shape index (κ3) is 3.11. The highest BCUT2D eigenvalue weighted by molar-refractivity contribution is 6.34. The van der Waals surface area contributed by atoms with Crippen LogP contribution >= 0.6 is 11.6 Å². The molecule has 4 nitrogen and oxygen atoms in total. The molecule has 0 bridgehead atoms. The number of aromatic amines is 1. The van der Waals surface area contributed by atoms with Crippen LogP contribution in [0.2, 0.25) is 5.02 Å². The summed E-state index contributed by atoms with van der Waals surface area (Å²) in [4.78, 5) is 14.3. The average Bonchev–Trinajstić information content (AvgIpc) is 3.36. The normalized spacial score (nSPS) is 14.6. The van der Waals surface area contributed by atoms with Crippen molar-refractivity contribution < 1.29 is 15.0 Å². The van der Waals surface area contributed by atoms with Crippen molar-refractivity contribution in [3.63, 3.8) is 0 Å². The van der Waals surface area contributed by atoms with Crippen LogP contribution < -0.4 is 0 Å². The number of benzene rings is 2. The third-order valence-corrected chi connectivity index (χ3v) is 5.28. The molecule has 5 heteroatoms. The first-order valence-corrected chi connectivity index (χ1v) is 9.17. The van der Waals surface area contributed by atoms with E-state index in [0.717, 1.165) is 29.5 Å². The van der Waals surface area contributed by atoms with Gasteiger partial charge in [0.05, 0.1) is 17.2 Å². The number of halogens is 1. The predicted octanol–water partition coefficient (Wildman–Crippen LogP) is 5.24. The lowest BCUT2D eigenvalue weighted by molar-refractivity contribution is 0.0699. The van der Waals surface area contributed by atoms with E-state index < -0.39 is 5.97 Å². The Balaban J connectivity index is 0.000000948. The summed E-state index contributed by atoms with van der Waals surface area (Å²) in [5.74, 6) is -0.969. The van der Waals surface area contributed by atoms with Crippen LogP contribution in [0.5, 0.6) is 0 Å². The molecule has 0 atom stereocenters. The highest BCUT2D eigenvalue weighted by Gasteiger charge is 2.43. The first-order valence-electron chi connectivity index (χ1n) is 8.80. The van der Waals surface area contributed by atoms with E-state index in [2.05, 4.69) is 4.98 Å². The summed E-state index contributed by atoms with van der Waals surface area (Å²) in [6.45, 7) is 4.17. The van der Waals surface area contributed by atoms with Gasteiger partial charge in [0, 0.05) is 28.1 Å². The molecule has 0 aliphatic heterocycles. The minimum atomic E-state index is -0.969. The number of hydrogen-bond acceptors (Lipinski definition) is 2. The lowest BCUT2D eigenvalue weighted by atomic mass is 9.94. The van der Waals surface area contributed by atoms with Gasteiger partial charge in [-0.05, 0) is 36.1 Å². The van der Waals surface area contributed by atoms with Gasteiger partial charge in [0.25, 0.3) is 0 Å². The molecule has 1 aromatic heterocycles. The van der Waals surface area contributed by atoms with E-state index in [4.69, 9.17) is 11.6 Å². The van der Waals surface area contributed by atoms with E-state index in [-0.39, 0.29) is 17.6 Å². The molecule has 1 aliphatic carbocycles. The maximum absolute atomic E-state index is 11.3. The van der Waals surface area contributed by atoms with Crippen molar-refractivity contribution in [1.29, 1.82) is 0 Å². The molecule has 0 unspecified atom stereocenters. The first kappa shape index (κ1) is 18.5. The third-order valence-electron chi connectivity index (χ3n) is 4.96. The summed E-state index contributed by atoms with van der Waals surface area (Å²) in [6, 6.07) is 11.6. The summed E-state index contributed by atoms with van der Waals surface area (Å²) in [7, 11) is 0. The lowest BCUT2D eigenvalue weighted by Gasteiger charge is -2.13. The zero-order valence-corrected chi connectivity index (χ0v) is 15.6. The topological polar surface area (TPSA) is 73.3 Å². The first-order chi connectivity index (χ1) is 12.5. The standard InChI is InChI=1S/C19H16ClNO3.C2H6/c20-16-8-17-14(15(9-21-17)18(23)24)7-13(16)11-1-3-12(4-2-11)19(10-22)5-6-19;1-2/h1-4,7-9,21-22H,5-6,10H2,(H,23,24);1-2H3. The summed E-state index contributed by atoms with van der Waals surface area (Å²) >= 11 is 6.39. The molecule has 26 heavy (non-hydrogen) atoms. The number of aromatic nitrogens is 1. The molecule has 0 radical (unpaired) electrons. The van der Waals surface area contributed by atoms with Gasteiger partial charge < -0.3 is 15.2 Å². The Bertz CT molecular complexity index is 940. The van der Waals surface area contributed by atoms with Crippen molar-refractivity contribution in [2.45, 2.75) is 32.1 Å². The number of nitrogens with one attached hydrogen (secondary N) is 1. The molecule has 0 saturated heterocycles. The smallest absolute Gasteiger partial charge is 0.337 e. The lowest BCUT2D eigenvalue weighted by Crippen LogP contribution is -2.11. The van der Waals surface area contributed by atoms with E-state index in [1.165, 1.54) is 6.20 Å². The van der Waals surface area contributed by atoms with Gasteiger partial charge in [0.1, 0.15) is 0 Å². The number of hydrogen-bond donors (Lipinski definition) is 3. The van der Waals surface area contributed by atoms with E-state index in [1.807, 2.05) is 44.2 Å². The predicted molar refractivity (Wildman–Crippen MR) is 105 cm³/mol. The number of carboxylic acid groups (broad SMARTS) is 1. The second kappa shape index (κ2) is 7.14. The number of fused-ring (bicyclic) bond motifs is 1. The zero-order valence-electron chi connectivity index (χ0n) is 14.8. The van der Waals surface area contributed by atoms with Crippen LogP contribution in [0.3, 0.4) is 0 Å². The molecule has 1 heterocycles. The largest absolute Gasteiger partial charge is 0.478 e. The molecule has 3 aromatic rings. The Hall–Kier alpha value is -2.30. The van der Waals surface area contributed by atoms with Crippen LogP contribution in [0.15, 0.2) is 42.6 Å². The highest BCUT2D eigenvalue weighted by Crippen LogP contribution is 2.48. The van der Waals surface area contributed by atoms with Crippen molar-refractivity contribution in [2.24, 2.45) is 0 Å². The fourth-order valence-electron chi connectivity index (χ4n) is 3.23. The van der Waals surface area contributed by atoms with Crippen molar-refractivity contribution in [1.82, 2.24) is 4.98 Å². The number of aliphatic hydroxyl groups excluding tert-OH is 1. The van der Waals surface area contributed by atoms with Gasteiger partial charge in [-0.1, -0.05) is 49.7 Å². The van der Waals surface area contributed by atoms with Gasteiger partial charge >= 0.3 is 5.97 Å².